The highest BCUT2D eigenvalue weighted by atomic mass is 35.5. The predicted octanol–water partition coefficient (Wildman–Crippen LogP) is 0.645. The van der Waals surface area contributed by atoms with Crippen molar-refractivity contribution in [3.05, 3.63) is 28.8 Å². The SMILES string of the molecule is Cc1cc(Cl)ccc1S(=O)(=O)N[C@@H](CCC(N)=O)C(=O)O. The average Bonchev–Trinajstić information content (AvgIpc) is 2.33. The first-order chi connectivity index (χ1) is 9.63. The molecule has 21 heavy (non-hydrogen) atoms. The fourth-order valence-electron chi connectivity index (χ4n) is 1.68. The van der Waals surface area contributed by atoms with E-state index in [1.54, 1.807) is 6.92 Å². The van der Waals surface area contributed by atoms with Gasteiger partial charge < -0.3 is 10.8 Å². The normalized spacial score (nSPS) is 12.9. The maximum atomic E-state index is 12.2. The van der Waals surface area contributed by atoms with Gasteiger partial charge in [-0.15, -0.1) is 0 Å². The minimum absolute atomic E-state index is 0.0720. The van der Waals surface area contributed by atoms with E-state index >= 15 is 0 Å². The topological polar surface area (TPSA) is 127 Å². The average molecular weight is 335 g/mol. The van der Waals surface area contributed by atoms with E-state index in [0.717, 1.165) is 0 Å². The molecule has 9 heteroatoms. The molecule has 0 aliphatic rings. The fraction of sp³-hybridized carbons (Fsp3) is 0.333. The van der Waals surface area contributed by atoms with Crippen LogP contribution >= 0.6 is 11.6 Å². The number of carbonyl (C=O) groups is 2. The van der Waals surface area contributed by atoms with Crippen LogP contribution in [0.2, 0.25) is 5.02 Å². The van der Waals surface area contributed by atoms with Gasteiger partial charge >= 0.3 is 5.97 Å². The Bertz CT molecular complexity index is 660. The molecule has 0 saturated heterocycles. The van der Waals surface area contributed by atoms with E-state index < -0.39 is 27.9 Å². The molecule has 0 aliphatic carbocycles. The Morgan fingerprint density at radius 2 is 2.05 bits per heavy atom. The lowest BCUT2D eigenvalue weighted by Crippen LogP contribution is -2.41. The largest absolute Gasteiger partial charge is 0.480 e. The molecular weight excluding hydrogens is 320 g/mol. The molecule has 0 spiro atoms. The standard InChI is InChI=1S/C12H15ClN2O5S/c1-7-6-8(13)2-4-10(7)21(19,20)15-9(12(17)18)3-5-11(14)16/h2,4,6,9,15H,3,5H2,1H3,(H2,14,16)(H,17,18)/t9-/m0/s1. The third-order valence-electron chi connectivity index (χ3n) is 2.70. The van der Waals surface area contributed by atoms with Gasteiger partial charge in [0.2, 0.25) is 15.9 Å². The number of benzene rings is 1. The molecule has 1 aromatic carbocycles. The van der Waals surface area contributed by atoms with Crippen LogP contribution in [0, 0.1) is 6.92 Å². The molecule has 0 fully saturated rings. The molecule has 0 aliphatic heterocycles. The molecule has 1 rings (SSSR count). The number of sulfonamides is 1. The zero-order valence-corrected chi connectivity index (χ0v) is 12.7. The molecule has 1 amide bonds. The van der Waals surface area contributed by atoms with Gasteiger partial charge in [0.1, 0.15) is 6.04 Å². The van der Waals surface area contributed by atoms with Crippen molar-refractivity contribution in [3.63, 3.8) is 0 Å². The van der Waals surface area contributed by atoms with Gasteiger partial charge in [0.05, 0.1) is 4.90 Å². The van der Waals surface area contributed by atoms with Crippen molar-refractivity contribution >= 4 is 33.5 Å². The van der Waals surface area contributed by atoms with Gasteiger partial charge in [0, 0.05) is 11.4 Å². The second-order valence-electron chi connectivity index (χ2n) is 4.43. The first kappa shape index (κ1) is 17.4. The molecule has 1 aromatic rings. The summed E-state index contributed by atoms with van der Waals surface area (Å²) in [5.41, 5.74) is 5.32. The number of nitrogens with two attached hydrogens (primary N) is 1. The van der Waals surface area contributed by atoms with E-state index in [2.05, 4.69) is 0 Å². The number of carboxylic acids is 1. The summed E-state index contributed by atoms with van der Waals surface area (Å²) in [6.45, 7) is 1.54. The highest BCUT2D eigenvalue weighted by Gasteiger charge is 2.26. The van der Waals surface area contributed by atoms with Crippen molar-refractivity contribution < 1.29 is 23.1 Å². The fourth-order valence-corrected chi connectivity index (χ4v) is 3.36. The zero-order chi connectivity index (χ0) is 16.2. The van der Waals surface area contributed by atoms with E-state index in [4.69, 9.17) is 22.4 Å². The summed E-state index contributed by atoms with van der Waals surface area (Å²) >= 11 is 5.75. The second-order valence-corrected chi connectivity index (χ2v) is 6.55. The summed E-state index contributed by atoms with van der Waals surface area (Å²) in [6.07, 6.45) is -0.463. The third kappa shape index (κ3) is 5.00. The number of carboxylic acid groups (broad SMARTS) is 1. The number of aliphatic carboxylic acids is 1. The van der Waals surface area contributed by atoms with E-state index in [-0.39, 0.29) is 17.7 Å². The number of nitrogens with one attached hydrogen (secondary N) is 1. The summed E-state index contributed by atoms with van der Waals surface area (Å²) in [5, 5.41) is 9.38. The maximum Gasteiger partial charge on any atom is 0.321 e. The lowest BCUT2D eigenvalue weighted by atomic mass is 10.2. The van der Waals surface area contributed by atoms with E-state index in [1.165, 1.54) is 18.2 Å². The first-order valence-corrected chi connectivity index (χ1v) is 7.79. The second kappa shape index (κ2) is 6.88. The van der Waals surface area contributed by atoms with Gasteiger partial charge in [0.25, 0.3) is 0 Å². The molecule has 1 atom stereocenters. The number of carbonyl (C=O) groups excluding carboxylic acids is 1. The molecule has 4 N–H and O–H groups in total. The van der Waals surface area contributed by atoms with Gasteiger partial charge in [-0.1, -0.05) is 11.6 Å². The quantitative estimate of drug-likeness (QED) is 0.674. The smallest absolute Gasteiger partial charge is 0.321 e. The lowest BCUT2D eigenvalue weighted by Gasteiger charge is -2.15. The van der Waals surface area contributed by atoms with Crippen molar-refractivity contribution in [2.45, 2.75) is 30.7 Å². The van der Waals surface area contributed by atoms with E-state index in [9.17, 15) is 18.0 Å². The van der Waals surface area contributed by atoms with Crippen LogP contribution in [0.5, 0.6) is 0 Å². The van der Waals surface area contributed by atoms with Crippen LogP contribution in [0.1, 0.15) is 18.4 Å². The minimum Gasteiger partial charge on any atom is -0.480 e. The summed E-state index contributed by atoms with van der Waals surface area (Å²) in [6, 6.07) is 2.70. The Labute approximate surface area is 127 Å². The van der Waals surface area contributed by atoms with Crippen LogP contribution in [0.25, 0.3) is 0 Å². The van der Waals surface area contributed by atoms with Crippen molar-refractivity contribution in [3.8, 4) is 0 Å². The Morgan fingerprint density at radius 3 is 2.52 bits per heavy atom. The third-order valence-corrected chi connectivity index (χ3v) is 4.57. The molecule has 0 radical (unpaired) electrons. The molecule has 7 nitrogen and oxygen atoms in total. The van der Waals surface area contributed by atoms with Gasteiger partial charge in [-0.3, -0.25) is 9.59 Å². The van der Waals surface area contributed by atoms with Crippen molar-refractivity contribution in [2.75, 3.05) is 0 Å². The van der Waals surface area contributed by atoms with Crippen molar-refractivity contribution in [1.82, 2.24) is 4.72 Å². The summed E-state index contributed by atoms with van der Waals surface area (Å²) in [5.74, 6) is -2.09. The highest BCUT2D eigenvalue weighted by Crippen LogP contribution is 2.20. The van der Waals surface area contributed by atoms with E-state index in [0.29, 0.717) is 10.6 Å². The summed E-state index contributed by atoms with van der Waals surface area (Å²) < 4.78 is 26.4. The van der Waals surface area contributed by atoms with Gasteiger partial charge in [-0.2, -0.15) is 4.72 Å². The molecule has 0 bridgehead atoms. The number of amides is 1. The molecule has 0 aromatic heterocycles. The summed E-state index contributed by atoms with van der Waals surface area (Å²) in [7, 11) is -4.04. The molecule has 0 saturated carbocycles. The Morgan fingerprint density at radius 1 is 1.43 bits per heavy atom. The predicted molar refractivity (Wildman–Crippen MR) is 76.4 cm³/mol. The van der Waals surface area contributed by atoms with Crippen LogP contribution < -0.4 is 10.5 Å². The van der Waals surface area contributed by atoms with Gasteiger partial charge in [-0.25, -0.2) is 8.42 Å². The Kier molecular flexibility index (Phi) is 5.70. The van der Waals surface area contributed by atoms with Crippen LogP contribution in [-0.4, -0.2) is 31.4 Å². The van der Waals surface area contributed by atoms with Gasteiger partial charge in [-0.05, 0) is 37.1 Å². The molecule has 0 unspecified atom stereocenters. The molecular formula is C12H15ClN2O5S. The number of hydrogen-bond donors (Lipinski definition) is 3. The van der Waals surface area contributed by atoms with Crippen LogP contribution in [0.4, 0.5) is 0 Å². The van der Waals surface area contributed by atoms with Crippen molar-refractivity contribution in [2.24, 2.45) is 5.73 Å². The maximum absolute atomic E-state index is 12.2. The minimum atomic E-state index is -4.04. The number of aryl methyl sites for hydroxylation is 1. The zero-order valence-electron chi connectivity index (χ0n) is 11.2. The lowest BCUT2D eigenvalue weighted by molar-refractivity contribution is -0.139. The van der Waals surface area contributed by atoms with Crippen LogP contribution in [0.15, 0.2) is 23.1 Å². The monoisotopic (exact) mass is 334 g/mol. The molecule has 0 heterocycles. The number of primary amides is 1. The number of rotatable bonds is 7. The number of hydrogen-bond acceptors (Lipinski definition) is 4. The van der Waals surface area contributed by atoms with Gasteiger partial charge in [0.15, 0.2) is 0 Å². The van der Waals surface area contributed by atoms with Crippen LogP contribution in [0.3, 0.4) is 0 Å². The van der Waals surface area contributed by atoms with Crippen LogP contribution in [-0.2, 0) is 19.6 Å². The number of halogens is 1. The Hall–Kier alpha value is -1.64. The molecule has 116 valence electrons. The van der Waals surface area contributed by atoms with E-state index in [1.807, 2.05) is 4.72 Å². The Balaban J connectivity index is 3.00. The van der Waals surface area contributed by atoms with Crippen molar-refractivity contribution in [1.29, 1.82) is 0 Å². The highest BCUT2D eigenvalue weighted by molar-refractivity contribution is 7.89. The summed E-state index contributed by atoms with van der Waals surface area (Å²) in [4.78, 5) is 21.7. The first-order valence-electron chi connectivity index (χ1n) is 5.93.